The maximum absolute atomic E-state index is 13.5. The summed E-state index contributed by atoms with van der Waals surface area (Å²) < 4.78 is 1.43. The molecule has 4 rings (SSSR count). The SMILES string of the molecule is Cc1csc(N(C(=O)c2sc3ncn(C)c(=O)c3c2C)c2ccccc2)n1. The van der Waals surface area contributed by atoms with Crippen molar-refractivity contribution in [1.29, 1.82) is 0 Å². The molecule has 0 bridgehead atoms. The molecule has 6 nitrogen and oxygen atoms in total. The highest BCUT2D eigenvalue weighted by Crippen LogP contribution is 2.34. The van der Waals surface area contributed by atoms with Crippen LogP contribution in [-0.2, 0) is 7.05 Å². The number of thiophene rings is 1. The molecule has 3 heterocycles. The number of nitrogens with zero attached hydrogens (tertiary/aromatic N) is 4. The fourth-order valence-electron chi connectivity index (χ4n) is 2.85. The Bertz CT molecular complexity index is 1210. The Kier molecular flexibility index (Phi) is 4.37. The van der Waals surface area contributed by atoms with E-state index in [-0.39, 0.29) is 11.5 Å². The Morgan fingerprint density at radius 2 is 1.93 bits per heavy atom. The zero-order valence-electron chi connectivity index (χ0n) is 15.0. The number of fused-ring (bicyclic) bond motifs is 1. The number of carbonyl (C=O) groups is 1. The average molecular weight is 396 g/mol. The van der Waals surface area contributed by atoms with Crippen molar-refractivity contribution < 1.29 is 4.79 Å². The first kappa shape index (κ1) is 17.6. The second-order valence-corrected chi connectivity index (χ2v) is 7.98. The van der Waals surface area contributed by atoms with Crippen molar-refractivity contribution in [3.8, 4) is 0 Å². The summed E-state index contributed by atoms with van der Waals surface area (Å²) in [6, 6.07) is 9.40. The van der Waals surface area contributed by atoms with Gasteiger partial charge in [-0.05, 0) is 31.5 Å². The van der Waals surface area contributed by atoms with E-state index in [4.69, 9.17) is 0 Å². The quantitative estimate of drug-likeness (QED) is 0.524. The Hall–Kier alpha value is -2.84. The van der Waals surface area contributed by atoms with Crippen molar-refractivity contribution in [3.63, 3.8) is 0 Å². The topological polar surface area (TPSA) is 68.1 Å². The van der Waals surface area contributed by atoms with E-state index in [0.717, 1.165) is 11.4 Å². The van der Waals surface area contributed by atoms with Crippen LogP contribution in [-0.4, -0.2) is 20.4 Å². The molecule has 8 heteroatoms. The van der Waals surface area contributed by atoms with Gasteiger partial charge in [0.1, 0.15) is 4.83 Å². The summed E-state index contributed by atoms with van der Waals surface area (Å²) >= 11 is 2.65. The minimum atomic E-state index is -0.210. The number of anilines is 2. The molecule has 0 saturated heterocycles. The molecular weight excluding hydrogens is 380 g/mol. The third kappa shape index (κ3) is 2.96. The van der Waals surface area contributed by atoms with E-state index in [9.17, 15) is 9.59 Å². The van der Waals surface area contributed by atoms with Gasteiger partial charge in [-0.3, -0.25) is 14.5 Å². The van der Waals surface area contributed by atoms with Gasteiger partial charge in [-0.25, -0.2) is 9.97 Å². The first-order valence-electron chi connectivity index (χ1n) is 8.23. The molecule has 0 saturated carbocycles. The first-order chi connectivity index (χ1) is 13.0. The summed E-state index contributed by atoms with van der Waals surface area (Å²) in [5, 5.41) is 3.01. The lowest BCUT2D eigenvalue weighted by atomic mass is 10.2. The molecule has 1 amide bonds. The summed E-state index contributed by atoms with van der Waals surface area (Å²) in [7, 11) is 1.65. The predicted molar refractivity (Wildman–Crippen MR) is 109 cm³/mol. The minimum Gasteiger partial charge on any atom is -0.302 e. The maximum Gasteiger partial charge on any atom is 0.275 e. The molecule has 0 aliphatic rings. The molecule has 1 aromatic carbocycles. The molecule has 0 spiro atoms. The van der Waals surface area contributed by atoms with E-state index in [1.807, 2.05) is 42.6 Å². The van der Waals surface area contributed by atoms with Gasteiger partial charge in [0.05, 0.1) is 28.0 Å². The van der Waals surface area contributed by atoms with Crippen LogP contribution in [0.2, 0.25) is 0 Å². The van der Waals surface area contributed by atoms with E-state index in [0.29, 0.717) is 25.8 Å². The zero-order chi connectivity index (χ0) is 19.1. The van der Waals surface area contributed by atoms with Gasteiger partial charge in [-0.2, -0.15) is 0 Å². The lowest BCUT2D eigenvalue weighted by Gasteiger charge is -2.19. The number of aromatic nitrogens is 3. The van der Waals surface area contributed by atoms with Crippen LogP contribution < -0.4 is 10.5 Å². The number of para-hydroxylation sites is 1. The Balaban J connectivity index is 1.90. The molecule has 0 aliphatic heterocycles. The van der Waals surface area contributed by atoms with Crippen LogP contribution >= 0.6 is 22.7 Å². The van der Waals surface area contributed by atoms with Gasteiger partial charge in [0.25, 0.3) is 11.5 Å². The van der Waals surface area contributed by atoms with Crippen molar-refractivity contribution in [2.45, 2.75) is 13.8 Å². The van der Waals surface area contributed by atoms with Crippen LogP contribution in [0.25, 0.3) is 10.2 Å². The van der Waals surface area contributed by atoms with Crippen molar-refractivity contribution in [3.05, 3.63) is 68.5 Å². The largest absolute Gasteiger partial charge is 0.302 e. The highest BCUT2D eigenvalue weighted by atomic mass is 32.1. The summed E-state index contributed by atoms with van der Waals surface area (Å²) in [4.78, 5) is 37.5. The molecule has 0 fully saturated rings. The Morgan fingerprint density at radius 1 is 1.19 bits per heavy atom. The van der Waals surface area contributed by atoms with Gasteiger partial charge < -0.3 is 4.57 Å². The zero-order valence-corrected chi connectivity index (χ0v) is 16.6. The molecule has 3 aromatic heterocycles. The number of carbonyl (C=O) groups excluding carboxylic acids is 1. The third-order valence-corrected chi connectivity index (χ3v) is 6.35. The molecule has 0 aliphatic carbocycles. The maximum atomic E-state index is 13.5. The van der Waals surface area contributed by atoms with Crippen molar-refractivity contribution in [2.75, 3.05) is 4.90 Å². The van der Waals surface area contributed by atoms with Crippen molar-refractivity contribution in [2.24, 2.45) is 7.05 Å². The van der Waals surface area contributed by atoms with Crippen molar-refractivity contribution >= 4 is 49.6 Å². The lowest BCUT2D eigenvalue weighted by molar-refractivity contribution is 0.100. The number of rotatable bonds is 3. The molecule has 27 heavy (non-hydrogen) atoms. The second kappa shape index (κ2) is 6.71. The second-order valence-electron chi connectivity index (χ2n) is 6.14. The summed E-state index contributed by atoms with van der Waals surface area (Å²) in [5.74, 6) is -0.210. The third-order valence-electron chi connectivity index (χ3n) is 4.22. The lowest BCUT2D eigenvalue weighted by Crippen LogP contribution is -2.25. The predicted octanol–water partition coefficient (Wildman–Crippen LogP) is 4.05. The average Bonchev–Trinajstić information content (AvgIpc) is 3.23. The molecule has 0 N–H and O–H groups in total. The van der Waals surface area contributed by atoms with E-state index < -0.39 is 0 Å². The van der Waals surface area contributed by atoms with E-state index in [1.165, 1.54) is 33.6 Å². The van der Waals surface area contributed by atoms with Crippen LogP contribution in [0.4, 0.5) is 10.8 Å². The number of hydrogen-bond donors (Lipinski definition) is 0. The molecule has 0 atom stereocenters. The highest BCUT2D eigenvalue weighted by Gasteiger charge is 2.27. The Morgan fingerprint density at radius 3 is 2.59 bits per heavy atom. The highest BCUT2D eigenvalue weighted by molar-refractivity contribution is 7.21. The van der Waals surface area contributed by atoms with Gasteiger partial charge in [0.2, 0.25) is 0 Å². The van der Waals surface area contributed by atoms with Crippen molar-refractivity contribution in [1.82, 2.24) is 14.5 Å². The fraction of sp³-hybridized carbons (Fsp3) is 0.158. The number of benzene rings is 1. The number of thiazole rings is 1. The van der Waals surface area contributed by atoms with Gasteiger partial charge >= 0.3 is 0 Å². The van der Waals surface area contributed by atoms with Gasteiger partial charge in [-0.1, -0.05) is 18.2 Å². The smallest absolute Gasteiger partial charge is 0.275 e. The van der Waals surface area contributed by atoms with Crippen LogP contribution in [0, 0.1) is 13.8 Å². The molecule has 136 valence electrons. The fourth-order valence-corrected chi connectivity index (χ4v) is 4.74. The molecular formula is C19H16N4O2S2. The van der Waals surface area contributed by atoms with Gasteiger partial charge in [-0.15, -0.1) is 22.7 Å². The number of amides is 1. The summed E-state index contributed by atoms with van der Waals surface area (Å²) in [6.45, 7) is 3.69. The summed E-state index contributed by atoms with van der Waals surface area (Å²) in [6.07, 6.45) is 1.48. The normalized spacial score (nSPS) is 11.1. The van der Waals surface area contributed by atoms with Crippen LogP contribution in [0.15, 0.2) is 46.8 Å². The molecule has 4 aromatic rings. The van der Waals surface area contributed by atoms with Crippen LogP contribution in [0.3, 0.4) is 0 Å². The van der Waals surface area contributed by atoms with E-state index >= 15 is 0 Å². The van der Waals surface area contributed by atoms with Crippen LogP contribution in [0.5, 0.6) is 0 Å². The van der Waals surface area contributed by atoms with Gasteiger partial charge in [0.15, 0.2) is 5.13 Å². The van der Waals surface area contributed by atoms with Gasteiger partial charge in [0, 0.05) is 12.4 Å². The first-order valence-corrected chi connectivity index (χ1v) is 9.93. The monoisotopic (exact) mass is 396 g/mol. The summed E-state index contributed by atoms with van der Waals surface area (Å²) in [5.41, 5.74) is 2.09. The minimum absolute atomic E-state index is 0.149. The van der Waals surface area contributed by atoms with E-state index in [1.54, 1.807) is 18.9 Å². The number of aryl methyl sites for hydroxylation is 3. The molecule has 0 unspecified atom stereocenters. The van der Waals surface area contributed by atoms with Crippen LogP contribution in [0.1, 0.15) is 20.9 Å². The number of hydrogen-bond acceptors (Lipinski definition) is 6. The standard InChI is InChI=1S/C19H16N4O2S2/c1-11-9-26-19(21-11)23(13-7-5-4-6-8-13)18(25)15-12(2)14-16(27-15)20-10-22(3)17(14)24/h4-10H,1-3H3. The Labute approximate surface area is 163 Å². The van der Waals surface area contributed by atoms with E-state index in [2.05, 4.69) is 9.97 Å². The molecule has 0 radical (unpaired) electrons.